The molecule has 35 heavy (non-hydrogen) atoms. The van der Waals surface area contributed by atoms with Crippen LogP contribution < -0.4 is 14.2 Å². The van der Waals surface area contributed by atoms with Gasteiger partial charge in [-0.15, -0.1) is 0 Å². The van der Waals surface area contributed by atoms with E-state index in [-0.39, 0.29) is 12.3 Å². The van der Waals surface area contributed by atoms with E-state index >= 15 is 0 Å². The summed E-state index contributed by atoms with van der Waals surface area (Å²) >= 11 is 0. The first-order valence-corrected chi connectivity index (χ1v) is 11.0. The molecule has 1 amide bonds. The minimum absolute atomic E-state index is 0.0890. The van der Waals surface area contributed by atoms with Gasteiger partial charge in [-0.05, 0) is 65.6 Å². The smallest absolute Gasteiger partial charge is 0.303 e. The highest BCUT2D eigenvalue weighted by Gasteiger charge is 2.15. The molecule has 0 aliphatic carbocycles. The van der Waals surface area contributed by atoms with E-state index in [1.54, 1.807) is 52.6 Å². The number of ether oxygens (including phenoxy) is 3. The van der Waals surface area contributed by atoms with Gasteiger partial charge >= 0.3 is 5.97 Å². The first-order chi connectivity index (χ1) is 16.8. The van der Waals surface area contributed by atoms with Crippen LogP contribution in [0.2, 0.25) is 0 Å². The molecule has 182 valence electrons. The predicted molar refractivity (Wildman–Crippen MR) is 135 cm³/mol. The van der Waals surface area contributed by atoms with E-state index in [4.69, 9.17) is 19.3 Å². The van der Waals surface area contributed by atoms with Crippen molar-refractivity contribution in [2.75, 3.05) is 28.3 Å². The van der Waals surface area contributed by atoms with Gasteiger partial charge in [0.25, 0.3) is 5.91 Å². The van der Waals surface area contributed by atoms with E-state index in [1.165, 1.54) is 4.90 Å². The zero-order chi connectivity index (χ0) is 25.4. The number of carboxylic acids is 1. The van der Waals surface area contributed by atoms with Crippen LogP contribution in [0.1, 0.15) is 23.1 Å². The number of likely N-dealkylation sites (N-methyl/N-ethyl adjacent to an activating group) is 1. The van der Waals surface area contributed by atoms with E-state index in [0.29, 0.717) is 35.0 Å². The summed E-state index contributed by atoms with van der Waals surface area (Å²) in [6.45, 7) is 0. The molecule has 1 N–H and O–H groups in total. The van der Waals surface area contributed by atoms with Gasteiger partial charge in [0.2, 0.25) is 0 Å². The lowest BCUT2D eigenvalue weighted by atomic mass is 10.0. The molecule has 3 rings (SSSR count). The summed E-state index contributed by atoms with van der Waals surface area (Å²) in [6, 6.07) is 20.0. The fourth-order valence-electron chi connectivity index (χ4n) is 3.40. The minimum Gasteiger partial charge on any atom is -0.497 e. The van der Waals surface area contributed by atoms with Crippen LogP contribution in [-0.4, -0.2) is 50.2 Å². The average molecular weight is 476 g/mol. The molecule has 0 unspecified atom stereocenters. The zero-order valence-electron chi connectivity index (χ0n) is 20.3. The molecule has 0 radical (unpaired) electrons. The first-order valence-electron chi connectivity index (χ1n) is 11.0. The molecule has 0 aromatic heterocycles. The second kappa shape index (κ2) is 11.7. The van der Waals surface area contributed by atoms with Gasteiger partial charge in [-0.1, -0.05) is 24.3 Å². The van der Waals surface area contributed by atoms with Crippen LogP contribution in [0.25, 0.3) is 11.6 Å². The fourth-order valence-corrected chi connectivity index (χ4v) is 3.40. The molecule has 7 nitrogen and oxygen atoms in total. The Morgan fingerprint density at radius 3 is 1.86 bits per heavy atom. The molecule has 7 heteroatoms. The molecule has 0 spiro atoms. The van der Waals surface area contributed by atoms with Crippen LogP contribution in [0.4, 0.5) is 0 Å². The maximum atomic E-state index is 13.0. The van der Waals surface area contributed by atoms with Gasteiger partial charge in [0.15, 0.2) is 0 Å². The number of aryl methyl sites for hydroxylation is 1. The van der Waals surface area contributed by atoms with Crippen molar-refractivity contribution >= 4 is 23.5 Å². The van der Waals surface area contributed by atoms with E-state index in [9.17, 15) is 9.59 Å². The maximum Gasteiger partial charge on any atom is 0.303 e. The Bertz CT molecular complexity index is 1170. The Morgan fingerprint density at radius 1 is 0.829 bits per heavy atom. The maximum absolute atomic E-state index is 13.0. The molecule has 0 heterocycles. The number of amides is 1. The Labute approximate surface area is 205 Å². The molecule has 0 saturated heterocycles. The number of carbonyl (C=O) groups excluding carboxylic acids is 1. The van der Waals surface area contributed by atoms with Crippen molar-refractivity contribution in [3.05, 3.63) is 83.4 Å². The van der Waals surface area contributed by atoms with Crippen molar-refractivity contribution in [3.8, 4) is 23.0 Å². The summed E-state index contributed by atoms with van der Waals surface area (Å²) in [5.74, 6) is 1.55. The largest absolute Gasteiger partial charge is 0.497 e. The number of carboxylic acid groups (broad SMARTS) is 1. The number of nitrogens with zero attached hydrogens (tertiary/aromatic N) is 1. The van der Waals surface area contributed by atoms with Crippen LogP contribution in [-0.2, 0) is 16.0 Å². The lowest BCUT2D eigenvalue weighted by Crippen LogP contribution is -2.22. The Hall–Kier alpha value is -4.26. The molecule has 0 atom stereocenters. The second-order valence-electron chi connectivity index (χ2n) is 8.07. The highest BCUT2D eigenvalue weighted by molar-refractivity contribution is 6.24. The molecule has 0 aliphatic rings. The third-order valence-electron chi connectivity index (χ3n) is 5.27. The monoisotopic (exact) mass is 475 g/mol. The first kappa shape index (κ1) is 25.4. The van der Waals surface area contributed by atoms with Gasteiger partial charge in [-0.3, -0.25) is 9.59 Å². The van der Waals surface area contributed by atoms with Crippen LogP contribution in [0.3, 0.4) is 0 Å². The van der Waals surface area contributed by atoms with Crippen molar-refractivity contribution in [3.63, 3.8) is 0 Å². The Morgan fingerprint density at radius 2 is 1.37 bits per heavy atom. The molecule has 0 aliphatic heterocycles. The quantitative estimate of drug-likeness (QED) is 0.323. The van der Waals surface area contributed by atoms with Crippen LogP contribution in [0.15, 0.2) is 66.7 Å². The van der Waals surface area contributed by atoms with Crippen molar-refractivity contribution < 1.29 is 28.9 Å². The summed E-state index contributed by atoms with van der Waals surface area (Å²) < 4.78 is 16.6. The standard InChI is InChI=1S/C28H29NO6/c1-29(2)28(32)26(17-20-15-24(33-3)18-25(16-20)34-4)21-8-12-23(13-9-21)35-22-10-5-19(6-11-22)7-14-27(30)31/h5-6,8-13,15-18H,7,14H2,1-4H3,(H,30,31)/b26-17+. The lowest BCUT2D eigenvalue weighted by Gasteiger charge is -2.15. The predicted octanol–water partition coefficient (Wildman–Crippen LogP) is 5.14. The highest BCUT2D eigenvalue weighted by Crippen LogP contribution is 2.29. The summed E-state index contributed by atoms with van der Waals surface area (Å²) in [6.07, 6.45) is 2.36. The fraction of sp³-hybridized carbons (Fsp3) is 0.214. The highest BCUT2D eigenvalue weighted by atomic mass is 16.5. The number of benzene rings is 3. The number of hydrogen-bond acceptors (Lipinski definition) is 5. The van der Waals surface area contributed by atoms with Gasteiger partial charge in [-0.2, -0.15) is 0 Å². The number of carbonyl (C=O) groups is 2. The van der Waals surface area contributed by atoms with Crippen LogP contribution in [0, 0.1) is 0 Å². The molecule has 0 bridgehead atoms. The van der Waals surface area contributed by atoms with Crippen molar-refractivity contribution in [1.82, 2.24) is 4.90 Å². The molecule has 0 saturated carbocycles. The average Bonchev–Trinajstić information content (AvgIpc) is 2.86. The van der Waals surface area contributed by atoms with Gasteiger partial charge in [0.1, 0.15) is 23.0 Å². The van der Waals surface area contributed by atoms with E-state index in [1.807, 2.05) is 48.5 Å². The number of aliphatic carboxylic acids is 1. The van der Waals surface area contributed by atoms with E-state index in [2.05, 4.69) is 0 Å². The Balaban J connectivity index is 1.84. The molecule has 0 fully saturated rings. The third kappa shape index (κ3) is 7.11. The van der Waals surface area contributed by atoms with Gasteiger partial charge in [0.05, 0.1) is 14.2 Å². The Kier molecular flexibility index (Phi) is 8.51. The topological polar surface area (TPSA) is 85.3 Å². The second-order valence-corrected chi connectivity index (χ2v) is 8.07. The number of methoxy groups -OCH3 is 2. The van der Waals surface area contributed by atoms with Gasteiger partial charge < -0.3 is 24.2 Å². The SMILES string of the molecule is COc1cc(/C=C(/C(=O)N(C)C)c2ccc(Oc3ccc(CCC(=O)O)cc3)cc2)cc(OC)c1. The van der Waals surface area contributed by atoms with Crippen LogP contribution >= 0.6 is 0 Å². The molecular weight excluding hydrogens is 446 g/mol. The number of rotatable bonds is 10. The molecular formula is C28H29NO6. The van der Waals surface area contributed by atoms with Crippen molar-refractivity contribution in [2.24, 2.45) is 0 Å². The number of hydrogen-bond donors (Lipinski definition) is 1. The minimum atomic E-state index is -0.822. The van der Waals surface area contributed by atoms with Crippen molar-refractivity contribution in [1.29, 1.82) is 0 Å². The van der Waals surface area contributed by atoms with Crippen molar-refractivity contribution in [2.45, 2.75) is 12.8 Å². The molecule has 3 aromatic carbocycles. The molecule has 3 aromatic rings. The summed E-state index contributed by atoms with van der Waals surface area (Å²) in [5.41, 5.74) is 2.96. The summed E-state index contributed by atoms with van der Waals surface area (Å²) in [5, 5.41) is 8.82. The third-order valence-corrected chi connectivity index (χ3v) is 5.27. The van der Waals surface area contributed by atoms with E-state index in [0.717, 1.165) is 16.7 Å². The summed E-state index contributed by atoms with van der Waals surface area (Å²) in [4.78, 5) is 25.2. The summed E-state index contributed by atoms with van der Waals surface area (Å²) in [7, 11) is 6.58. The van der Waals surface area contributed by atoms with Crippen LogP contribution in [0.5, 0.6) is 23.0 Å². The lowest BCUT2D eigenvalue weighted by molar-refractivity contribution is -0.137. The van der Waals surface area contributed by atoms with Gasteiger partial charge in [0, 0.05) is 32.2 Å². The van der Waals surface area contributed by atoms with E-state index < -0.39 is 5.97 Å². The van der Waals surface area contributed by atoms with Gasteiger partial charge in [-0.25, -0.2) is 0 Å². The zero-order valence-corrected chi connectivity index (χ0v) is 20.3. The normalized spacial score (nSPS) is 11.0.